The molecule has 1 heterocycles. The van der Waals surface area contributed by atoms with E-state index in [9.17, 15) is 17.6 Å². The SMILES string of the molecule is CC(=O)N1CCc2ccc(NS(=O)(=O)Cc3ccc(F)cc3)cc2C1. The summed E-state index contributed by atoms with van der Waals surface area (Å²) in [7, 11) is -3.61. The lowest BCUT2D eigenvalue weighted by Crippen LogP contribution is -2.34. The van der Waals surface area contributed by atoms with Gasteiger partial charge in [0.2, 0.25) is 15.9 Å². The molecule has 0 saturated carbocycles. The summed E-state index contributed by atoms with van der Waals surface area (Å²) in [5.41, 5.74) is 3.04. The summed E-state index contributed by atoms with van der Waals surface area (Å²) in [5.74, 6) is -0.629. The Labute approximate surface area is 146 Å². The van der Waals surface area contributed by atoms with Crippen LogP contribution >= 0.6 is 0 Å². The summed E-state index contributed by atoms with van der Waals surface area (Å²) < 4.78 is 40.1. The van der Waals surface area contributed by atoms with Crippen molar-refractivity contribution in [2.24, 2.45) is 0 Å². The molecule has 0 bridgehead atoms. The second kappa shape index (κ2) is 6.84. The first-order chi connectivity index (χ1) is 11.8. The van der Waals surface area contributed by atoms with Gasteiger partial charge in [0.05, 0.1) is 5.75 Å². The molecule has 1 amide bonds. The van der Waals surface area contributed by atoms with Crippen LogP contribution in [-0.4, -0.2) is 25.8 Å². The van der Waals surface area contributed by atoms with Crippen LogP contribution in [-0.2, 0) is 33.5 Å². The van der Waals surface area contributed by atoms with Gasteiger partial charge in [-0.2, -0.15) is 0 Å². The summed E-state index contributed by atoms with van der Waals surface area (Å²) >= 11 is 0. The maximum atomic E-state index is 12.9. The minimum Gasteiger partial charge on any atom is -0.338 e. The van der Waals surface area contributed by atoms with Gasteiger partial charge in [-0.25, -0.2) is 12.8 Å². The Morgan fingerprint density at radius 3 is 2.56 bits per heavy atom. The van der Waals surface area contributed by atoms with E-state index >= 15 is 0 Å². The second-order valence-corrected chi connectivity index (χ2v) is 7.88. The van der Waals surface area contributed by atoms with Crippen molar-refractivity contribution < 1.29 is 17.6 Å². The summed E-state index contributed by atoms with van der Waals surface area (Å²) in [6.45, 7) is 2.69. The number of sulfonamides is 1. The maximum Gasteiger partial charge on any atom is 0.236 e. The number of carbonyl (C=O) groups is 1. The topological polar surface area (TPSA) is 66.5 Å². The first kappa shape index (κ1) is 17.4. The highest BCUT2D eigenvalue weighted by molar-refractivity contribution is 7.91. The van der Waals surface area contributed by atoms with Crippen molar-refractivity contribution in [3.63, 3.8) is 0 Å². The third-order valence-electron chi connectivity index (χ3n) is 4.21. The smallest absolute Gasteiger partial charge is 0.236 e. The van der Waals surface area contributed by atoms with Crippen LogP contribution in [0.3, 0.4) is 0 Å². The van der Waals surface area contributed by atoms with E-state index in [0.29, 0.717) is 24.3 Å². The number of nitrogens with one attached hydrogen (secondary N) is 1. The molecule has 1 N–H and O–H groups in total. The molecule has 0 fully saturated rings. The molecule has 1 aliphatic rings. The monoisotopic (exact) mass is 362 g/mol. The van der Waals surface area contributed by atoms with Gasteiger partial charge in [0.25, 0.3) is 0 Å². The number of benzene rings is 2. The number of amides is 1. The number of fused-ring (bicyclic) bond motifs is 1. The van der Waals surface area contributed by atoms with Crippen molar-refractivity contribution in [2.75, 3.05) is 11.3 Å². The van der Waals surface area contributed by atoms with Gasteiger partial charge in [0, 0.05) is 25.7 Å². The molecular weight excluding hydrogens is 343 g/mol. The van der Waals surface area contributed by atoms with Crippen molar-refractivity contribution in [1.29, 1.82) is 0 Å². The van der Waals surface area contributed by atoms with Gasteiger partial charge in [0.1, 0.15) is 5.82 Å². The molecule has 0 radical (unpaired) electrons. The molecule has 0 unspecified atom stereocenters. The van der Waals surface area contributed by atoms with Crippen LogP contribution < -0.4 is 4.72 Å². The minimum absolute atomic E-state index is 0.00736. The molecule has 0 saturated heterocycles. The van der Waals surface area contributed by atoms with E-state index in [1.54, 1.807) is 17.0 Å². The lowest BCUT2D eigenvalue weighted by molar-refractivity contribution is -0.129. The van der Waals surface area contributed by atoms with Gasteiger partial charge in [0.15, 0.2) is 0 Å². The van der Waals surface area contributed by atoms with Crippen LogP contribution in [0.5, 0.6) is 0 Å². The molecule has 0 spiro atoms. The molecule has 5 nitrogen and oxygen atoms in total. The first-order valence-corrected chi connectivity index (χ1v) is 9.60. The Kier molecular flexibility index (Phi) is 4.76. The Bertz CT molecular complexity index is 895. The zero-order valence-corrected chi connectivity index (χ0v) is 14.6. The molecule has 7 heteroatoms. The van der Waals surface area contributed by atoms with Crippen LogP contribution in [0.1, 0.15) is 23.6 Å². The van der Waals surface area contributed by atoms with Crippen molar-refractivity contribution in [3.05, 3.63) is 65.0 Å². The Morgan fingerprint density at radius 2 is 1.88 bits per heavy atom. The average molecular weight is 362 g/mol. The average Bonchev–Trinajstić information content (AvgIpc) is 2.55. The van der Waals surface area contributed by atoms with Crippen molar-refractivity contribution in [1.82, 2.24) is 4.90 Å². The summed E-state index contributed by atoms with van der Waals surface area (Å²) in [5, 5.41) is 0. The molecule has 2 aromatic carbocycles. The van der Waals surface area contributed by atoms with Gasteiger partial charge in [-0.05, 0) is 47.4 Å². The van der Waals surface area contributed by atoms with Crippen molar-refractivity contribution >= 4 is 21.6 Å². The fraction of sp³-hybridized carbons (Fsp3) is 0.278. The molecule has 0 aliphatic carbocycles. The normalized spacial score (nSPS) is 14.1. The Hall–Kier alpha value is -2.41. The Morgan fingerprint density at radius 1 is 1.16 bits per heavy atom. The lowest BCUT2D eigenvalue weighted by atomic mass is 9.99. The van der Waals surface area contributed by atoms with Crippen molar-refractivity contribution in [3.8, 4) is 0 Å². The minimum atomic E-state index is -3.61. The standard InChI is InChI=1S/C18H19FN2O3S/c1-13(22)21-9-8-15-4-7-18(10-16(15)11-21)20-25(23,24)12-14-2-5-17(19)6-3-14/h2-7,10,20H,8-9,11-12H2,1H3. The second-order valence-electron chi connectivity index (χ2n) is 6.16. The quantitative estimate of drug-likeness (QED) is 0.909. The van der Waals surface area contributed by atoms with E-state index in [1.807, 2.05) is 6.07 Å². The predicted octanol–water partition coefficient (Wildman–Crippen LogP) is 2.67. The third-order valence-corrected chi connectivity index (χ3v) is 5.47. The Balaban J connectivity index is 1.75. The van der Waals surface area contributed by atoms with E-state index in [2.05, 4.69) is 4.72 Å². The molecule has 1 aliphatic heterocycles. The predicted molar refractivity (Wildman–Crippen MR) is 93.9 cm³/mol. The van der Waals surface area contributed by atoms with Gasteiger partial charge in [-0.15, -0.1) is 0 Å². The van der Waals surface area contributed by atoms with Crippen molar-refractivity contribution in [2.45, 2.75) is 25.6 Å². The van der Waals surface area contributed by atoms with E-state index in [1.165, 1.54) is 31.2 Å². The molecule has 2 aromatic rings. The van der Waals surface area contributed by atoms with Crippen LogP contribution in [0.25, 0.3) is 0 Å². The maximum absolute atomic E-state index is 12.9. The fourth-order valence-corrected chi connectivity index (χ4v) is 4.09. The summed E-state index contributed by atoms with van der Waals surface area (Å²) in [4.78, 5) is 13.3. The molecule has 25 heavy (non-hydrogen) atoms. The highest BCUT2D eigenvalue weighted by atomic mass is 32.2. The van der Waals surface area contributed by atoms with Gasteiger partial charge in [-0.1, -0.05) is 18.2 Å². The number of anilines is 1. The lowest BCUT2D eigenvalue weighted by Gasteiger charge is -2.28. The number of carbonyl (C=O) groups excluding carboxylic acids is 1. The number of rotatable bonds is 4. The van der Waals surface area contributed by atoms with E-state index < -0.39 is 15.8 Å². The number of hydrogen-bond acceptors (Lipinski definition) is 3. The van der Waals surface area contributed by atoms with Gasteiger partial charge < -0.3 is 4.90 Å². The molecule has 132 valence electrons. The molecular formula is C18H19FN2O3S. The van der Waals surface area contributed by atoms with Gasteiger partial charge in [-0.3, -0.25) is 9.52 Å². The number of hydrogen-bond donors (Lipinski definition) is 1. The summed E-state index contributed by atoms with van der Waals surface area (Å²) in [6, 6.07) is 10.8. The number of nitrogens with zero attached hydrogens (tertiary/aromatic N) is 1. The van der Waals surface area contributed by atoms with E-state index in [-0.39, 0.29) is 11.7 Å². The van der Waals surface area contributed by atoms with Crippen LogP contribution in [0.4, 0.5) is 10.1 Å². The van der Waals surface area contributed by atoms with E-state index in [4.69, 9.17) is 0 Å². The number of halogens is 1. The third kappa shape index (κ3) is 4.36. The zero-order chi connectivity index (χ0) is 18.0. The van der Waals surface area contributed by atoms with Crippen LogP contribution in [0, 0.1) is 5.82 Å². The first-order valence-electron chi connectivity index (χ1n) is 7.95. The molecule has 0 atom stereocenters. The fourth-order valence-electron chi connectivity index (χ4n) is 2.91. The van der Waals surface area contributed by atoms with Crippen LogP contribution in [0.15, 0.2) is 42.5 Å². The molecule has 3 rings (SSSR count). The highest BCUT2D eigenvalue weighted by Gasteiger charge is 2.19. The van der Waals surface area contributed by atoms with E-state index in [0.717, 1.165) is 17.5 Å². The van der Waals surface area contributed by atoms with Gasteiger partial charge >= 0.3 is 0 Å². The summed E-state index contributed by atoms with van der Waals surface area (Å²) in [6.07, 6.45) is 0.761. The zero-order valence-electron chi connectivity index (χ0n) is 13.8. The van der Waals surface area contributed by atoms with Crippen LogP contribution in [0.2, 0.25) is 0 Å². The largest absolute Gasteiger partial charge is 0.338 e. The highest BCUT2D eigenvalue weighted by Crippen LogP contribution is 2.24. The molecule has 0 aromatic heterocycles.